The molecule has 15 heavy (non-hydrogen) atoms. The summed E-state index contributed by atoms with van der Waals surface area (Å²) in [6, 6.07) is 3.22. The van der Waals surface area contributed by atoms with E-state index in [-0.39, 0.29) is 23.4 Å². The summed E-state index contributed by atoms with van der Waals surface area (Å²) >= 11 is 0. The number of hydrogen-bond donors (Lipinski definition) is 3. The predicted octanol–water partition coefficient (Wildman–Crippen LogP) is 0.254. The number of anilines is 1. The standard InChI is InChI=1S/C10H13N3O2/c1-6-2-3-8(14)9(12-6)13-10(15)7-4-11-5-7/h2-3,7,11,14H,4-5H2,1H3,(H,12,13,15). The van der Waals surface area contributed by atoms with E-state index in [1.807, 2.05) is 0 Å². The Bertz CT molecular complexity index is 388. The molecule has 2 heterocycles. The van der Waals surface area contributed by atoms with Gasteiger partial charge in [0.2, 0.25) is 5.91 Å². The lowest BCUT2D eigenvalue weighted by atomic mass is 10.0. The molecular weight excluding hydrogens is 194 g/mol. The van der Waals surface area contributed by atoms with Crippen LogP contribution < -0.4 is 10.6 Å². The van der Waals surface area contributed by atoms with Crippen LogP contribution >= 0.6 is 0 Å². The lowest BCUT2D eigenvalue weighted by molar-refractivity contribution is -0.121. The first-order valence-electron chi connectivity index (χ1n) is 4.85. The molecular formula is C10H13N3O2. The van der Waals surface area contributed by atoms with E-state index in [4.69, 9.17) is 0 Å². The second-order valence-corrected chi connectivity index (χ2v) is 3.66. The molecule has 0 unspecified atom stereocenters. The second-order valence-electron chi connectivity index (χ2n) is 3.66. The van der Waals surface area contributed by atoms with E-state index < -0.39 is 0 Å². The fourth-order valence-corrected chi connectivity index (χ4v) is 1.33. The molecule has 1 aliphatic heterocycles. The van der Waals surface area contributed by atoms with Gasteiger partial charge in [-0.3, -0.25) is 4.79 Å². The summed E-state index contributed by atoms with van der Waals surface area (Å²) < 4.78 is 0. The van der Waals surface area contributed by atoms with Crippen molar-refractivity contribution in [3.05, 3.63) is 17.8 Å². The normalized spacial score (nSPS) is 15.8. The van der Waals surface area contributed by atoms with Crippen LogP contribution in [-0.4, -0.2) is 29.1 Å². The average molecular weight is 207 g/mol. The SMILES string of the molecule is Cc1ccc(O)c(NC(=O)C2CNC2)n1. The number of rotatable bonds is 2. The van der Waals surface area contributed by atoms with Gasteiger partial charge in [-0.05, 0) is 19.1 Å². The Kier molecular flexibility index (Phi) is 2.55. The van der Waals surface area contributed by atoms with Crippen molar-refractivity contribution in [1.29, 1.82) is 0 Å². The molecule has 1 saturated heterocycles. The van der Waals surface area contributed by atoms with Gasteiger partial charge in [0.05, 0.1) is 5.92 Å². The number of pyridine rings is 1. The van der Waals surface area contributed by atoms with Gasteiger partial charge in [0.15, 0.2) is 11.6 Å². The maximum Gasteiger partial charge on any atom is 0.231 e. The van der Waals surface area contributed by atoms with Crippen LogP contribution in [0.1, 0.15) is 5.69 Å². The van der Waals surface area contributed by atoms with Gasteiger partial charge < -0.3 is 15.7 Å². The molecule has 5 nitrogen and oxygen atoms in total. The number of carbonyl (C=O) groups excluding carboxylic acids is 1. The molecule has 0 aromatic carbocycles. The fourth-order valence-electron chi connectivity index (χ4n) is 1.33. The van der Waals surface area contributed by atoms with E-state index in [9.17, 15) is 9.90 Å². The summed E-state index contributed by atoms with van der Waals surface area (Å²) in [5.41, 5.74) is 0.759. The monoisotopic (exact) mass is 207 g/mol. The highest BCUT2D eigenvalue weighted by atomic mass is 16.3. The molecule has 1 aromatic heterocycles. The first kappa shape index (κ1) is 9.92. The highest BCUT2D eigenvalue weighted by molar-refractivity contribution is 5.93. The molecule has 0 bridgehead atoms. The molecule has 1 aliphatic rings. The minimum Gasteiger partial charge on any atom is -0.504 e. The van der Waals surface area contributed by atoms with Crippen LogP contribution in [0, 0.1) is 12.8 Å². The molecule has 0 saturated carbocycles. The van der Waals surface area contributed by atoms with Gasteiger partial charge in [0.1, 0.15) is 0 Å². The molecule has 0 spiro atoms. The van der Waals surface area contributed by atoms with Crippen LogP contribution in [0.3, 0.4) is 0 Å². The van der Waals surface area contributed by atoms with Gasteiger partial charge in [-0.25, -0.2) is 4.98 Å². The molecule has 1 amide bonds. The van der Waals surface area contributed by atoms with Gasteiger partial charge >= 0.3 is 0 Å². The summed E-state index contributed by atoms with van der Waals surface area (Å²) in [6.07, 6.45) is 0. The second kappa shape index (κ2) is 3.86. The zero-order valence-electron chi connectivity index (χ0n) is 8.45. The van der Waals surface area contributed by atoms with Crippen molar-refractivity contribution in [3.8, 4) is 5.75 Å². The van der Waals surface area contributed by atoms with E-state index in [2.05, 4.69) is 15.6 Å². The fraction of sp³-hybridized carbons (Fsp3) is 0.400. The van der Waals surface area contributed by atoms with Crippen LogP contribution in [-0.2, 0) is 4.79 Å². The number of aryl methyl sites for hydroxylation is 1. The first-order chi connectivity index (χ1) is 7.16. The molecule has 1 aromatic rings. The molecule has 0 atom stereocenters. The highest BCUT2D eigenvalue weighted by Gasteiger charge is 2.25. The summed E-state index contributed by atoms with van der Waals surface area (Å²) in [4.78, 5) is 15.6. The van der Waals surface area contributed by atoms with Gasteiger partial charge in [0, 0.05) is 18.8 Å². The number of nitrogens with one attached hydrogen (secondary N) is 2. The lowest BCUT2D eigenvalue weighted by Gasteiger charge is -2.25. The summed E-state index contributed by atoms with van der Waals surface area (Å²) in [5, 5.41) is 15.1. The number of aromatic hydroxyl groups is 1. The van der Waals surface area contributed by atoms with Crippen LogP contribution in [0.25, 0.3) is 0 Å². The maximum absolute atomic E-state index is 11.6. The third-order valence-corrected chi connectivity index (χ3v) is 2.41. The van der Waals surface area contributed by atoms with Crippen molar-refractivity contribution in [2.45, 2.75) is 6.92 Å². The minimum absolute atomic E-state index is 0.00114. The van der Waals surface area contributed by atoms with Crippen LogP contribution in [0.4, 0.5) is 5.82 Å². The van der Waals surface area contributed by atoms with E-state index in [1.165, 1.54) is 6.07 Å². The van der Waals surface area contributed by atoms with E-state index in [0.29, 0.717) is 13.1 Å². The largest absolute Gasteiger partial charge is 0.504 e. The topological polar surface area (TPSA) is 74.2 Å². The number of hydrogen-bond acceptors (Lipinski definition) is 4. The smallest absolute Gasteiger partial charge is 0.231 e. The Hall–Kier alpha value is -1.62. The molecule has 1 fully saturated rings. The molecule has 5 heteroatoms. The third kappa shape index (κ3) is 2.07. The van der Waals surface area contributed by atoms with Crippen molar-refractivity contribution < 1.29 is 9.90 Å². The zero-order chi connectivity index (χ0) is 10.8. The Morgan fingerprint density at radius 3 is 2.93 bits per heavy atom. The van der Waals surface area contributed by atoms with Crippen LogP contribution in [0.5, 0.6) is 5.75 Å². The van der Waals surface area contributed by atoms with Crippen molar-refractivity contribution in [3.63, 3.8) is 0 Å². The van der Waals surface area contributed by atoms with Crippen LogP contribution in [0.15, 0.2) is 12.1 Å². The van der Waals surface area contributed by atoms with Gasteiger partial charge in [-0.1, -0.05) is 0 Å². The Labute approximate surface area is 87.5 Å². The number of aromatic nitrogens is 1. The summed E-state index contributed by atoms with van der Waals surface area (Å²) in [5.74, 6) is 0.141. The minimum atomic E-state index is -0.0952. The van der Waals surface area contributed by atoms with Crippen molar-refractivity contribution in [2.75, 3.05) is 18.4 Å². The number of amides is 1. The highest BCUT2D eigenvalue weighted by Crippen LogP contribution is 2.21. The van der Waals surface area contributed by atoms with E-state index in [1.54, 1.807) is 13.0 Å². The average Bonchev–Trinajstić information content (AvgIpc) is 2.08. The van der Waals surface area contributed by atoms with E-state index >= 15 is 0 Å². The van der Waals surface area contributed by atoms with E-state index in [0.717, 1.165) is 5.69 Å². The number of nitrogens with zero attached hydrogens (tertiary/aromatic N) is 1. The van der Waals surface area contributed by atoms with Gasteiger partial charge in [-0.2, -0.15) is 0 Å². The Morgan fingerprint density at radius 1 is 1.60 bits per heavy atom. The van der Waals surface area contributed by atoms with Gasteiger partial charge in [0.25, 0.3) is 0 Å². The maximum atomic E-state index is 11.6. The molecule has 2 rings (SSSR count). The zero-order valence-corrected chi connectivity index (χ0v) is 8.45. The summed E-state index contributed by atoms with van der Waals surface area (Å²) in [7, 11) is 0. The quantitative estimate of drug-likeness (QED) is 0.650. The van der Waals surface area contributed by atoms with Gasteiger partial charge in [-0.15, -0.1) is 0 Å². The Morgan fingerprint density at radius 2 is 2.33 bits per heavy atom. The first-order valence-corrected chi connectivity index (χ1v) is 4.85. The van der Waals surface area contributed by atoms with Crippen molar-refractivity contribution in [2.24, 2.45) is 5.92 Å². The molecule has 0 aliphatic carbocycles. The van der Waals surface area contributed by atoms with Crippen LogP contribution in [0.2, 0.25) is 0 Å². The molecule has 3 N–H and O–H groups in total. The molecule has 0 radical (unpaired) electrons. The predicted molar refractivity (Wildman–Crippen MR) is 55.6 cm³/mol. The third-order valence-electron chi connectivity index (χ3n) is 2.41. The Balaban J connectivity index is 2.09. The number of carbonyl (C=O) groups is 1. The molecule has 80 valence electrons. The van der Waals surface area contributed by atoms with Crippen molar-refractivity contribution in [1.82, 2.24) is 10.3 Å². The van der Waals surface area contributed by atoms with Crippen molar-refractivity contribution >= 4 is 11.7 Å². The summed E-state index contributed by atoms with van der Waals surface area (Å²) in [6.45, 7) is 3.19. The lowest BCUT2D eigenvalue weighted by Crippen LogP contribution is -2.48.